The summed E-state index contributed by atoms with van der Waals surface area (Å²) in [7, 11) is 0. The number of carbonyl (C=O) groups is 1. The van der Waals surface area contributed by atoms with Gasteiger partial charge in [-0.05, 0) is 29.3 Å². The van der Waals surface area contributed by atoms with Gasteiger partial charge in [0.05, 0.1) is 5.56 Å². The van der Waals surface area contributed by atoms with Crippen molar-refractivity contribution in [2.24, 2.45) is 0 Å². The maximum Gasteiger partial charge on any atom is 0.419 e. The van der Waals surface area contributed by atoms with Crippen molar-refractivity contribution in [3.8, 4) is 11.1 Å². The molecule has 136 valence electrons. The molecule has 0 unspecified atom stereocenters. The Morgan fingerprint density at radius 3 is 2.38 bits per heavy atom. The number of aromatic nitrogens is 2. The van der Waals surface area contributed by atoms with E-state index in [1.54, 1.807) is 0 Å². The Morgan fingerprint density at radius 2 is 1.81 bits per heavy atom. The summed E-state index contributed by atoms with van der Waals surface area (Å²) in [5.74, 6) is -1.40. The molecule has 0 aliphatic heterocycles. The van der Waals surface area contributed by atoms with Crippen molar-refractivity contribution in [1.82, 2.24) is 9.38 Å². The highest BCUT2D eigenvalue weighted by molar-refractivity contribution is 5.82. The van der Waals surface area contributed by atoms with Gasteiger partial charge in [0.25, 0.3) is 0 Å². The fourth-order valence-corrected chi connectivity index (χ4v) is 2.41. The van der Waals surface area contributed by atoms with Crippen LogP contribution in [-0.4, -0.2) is 15.7 Å². The molecule has 1 aromatic carbocycles. The van der Waals surface area contributed by atoms with E-state index in [1.807, 2.05) is 0 Å². The SMILES string of the molecule is C1CC1.Nc1nc2ccc(-c3cccc(F)c3C(F)(F)F)cn2c1C=O. The second-order valence-electron chi connectivity index (χ2n) is 5.87. The third-order valence-corrected chi connectivity index (χ3v) is 3.76. The van der Waals surface area contributed by atoms with Crippen LogP contribution in [0.15, 0.2) is 36.5 Å². The number of halogens is 4. The van der Waals surface area contributed by atoms with Crippen molar-refractivity contribution in [1.29, 1.82) is 0 Å². The number of rotatable bonds is 2. The van der Waals surface area contributed by atoms with E-state index >= 15 is 0 Å². The number of nitrogen functional groups attached to an aromatic ring is 1. The molecule has 0 bridgehead atoms. The summed E-state index contributed by atoms with van der Waals surface area (Å²) in [4.78, 5) is 15.0. The molecule has 4 rings (SSSR count). The minimum atomic E-state index is -4.85. The van der Waals surface area contributed by atoms with Crippen LogP contribution in [0, 0.1) is 5.82 Å². The van der Waals surface area contributed by atoms with Crippen LogP contribution in [0.2, 0.25) is 0 Å². The van der Waals surface area contributed by atoms with Crippen LogP contribution in [0.4, 0.5) is 23.4 Å². The lowest BCUT2D eigenvalue weighted by Crippen LogP contribution is -2.10. The highest BCUT2D eigenvalue weighted by Crippen LogP contribution is 2.38. The number of alkyl halides is 3. The van der Waals surface area contributed by atoms with E-state index in [0.29, 0.717) is 11.9 Å². The molecule has 2 N–H and O–H groups in total. The van der Waals surface area contributed by atoms with Gasteiger partial charge in [0.1, 0.15) is 17.2 Å². The third-order valence-electron chi connectivity index (χ3n) is 3.76. The molecule has 8 heteroatoms. The van der Waals surface area contributed by atoms with Crippen molar-refractivity contribution in [3.05, 3.63) is 53.6 Å². The van der Waals surface area contributed by atoms with E-state index in [9.17, 15) is 22.4 Å². The standard InChI is InChI=1S/C15H9F4N3O.C3H6/c16-10-3-1-2-9(13(10)15(17,18)19)8-4-5-12-21-14(20)11(7-23)22(12)6-8;1-2-3-1/h1-7H,20H2;1-3H2. The largest absolute Gasteiger partial charge is 0.419 e. The second kappa shape index (κ2) is 6.78. The zero-order chi connectivity index (χ0) is 18.9. The predicted octanol–water partition coefficient (Wildman–Crippen LogP) is 4.72. The number of imidazole rings is 1. The van der Waals surface area contributed by atoms with Gasteiger partial charge in [0, 0.05) is 6.20 Å². The topological polar surface area (TPSA) is 60.4 Å². The molecular formula is C18H15F4N3O. The Balaban J connectivity index is 0.000000592. The molecule has 2 heterocycles. The predicted molar refractivity (Wildman–Crippen MR) is 89.2 cm³/mol. The highest BCUT2D eigenvalue weighted by Gasteiger charge is 2.37. The minimum absolute atomic E-state index is 0.0202. The lowest BCUT2D eigenvalue weighted by Gasteiger charge is -2.14. The van der Waals surface area contributed by atoms with Gasteiger partial charge in [-0.1, -0.05) is 31.4 Å². The van der Waals surface area contributed by atoms with E-state index in [-0.39, 0.29) is 22.6 Å². The molecule has 0 atom stereocenters. The number of fused-ring (bicyclic) bond motifs is 1. The molecule has 3 aromatic rings. The van der Waals surface area contributed by atoms with Crippen LogP contribution in [0.25, 0.3) is 16.8 Å². The number of pyridine rings is 1. The lowest BCUT2D eigenvalue weighted by molar-refractivity contribution is -0.139. The van der Waals surface area contributed by atoms with Gasteiger partial charge < -0.3 is 5.73 Å². The van der Waals surface area contributed by atoms with E-state index in [0.717, 1.165) is 12.1 Å². The van der Waals surface area contributed by atoms with Crippen LogP contribution in [0.5, 0.6) is 0 Å². The number of hydrogen-bond donors (Lipinski definition) is 1. The molecule has 1 saturated carbocycles. The number of anilines is 1. The molecule has 1 aliphatic rings. The smallest absolute Gasteiger partial charge is 0.382 e. The fraction of sp³-hybridized carbons (Fsp3) is 0.222. The van der Waals surface area contributed by atoms with Crippen LogP contribution >= 0.6 is 0 Å². The number of aldehydes is 1. The zero-order valence-electron chi connectivity index (χ0n) is 13.6. The Morgan fingerprint density at radius 1 is 1.12 bits per heavy atom. The normalized spacial score (nSPS) is 13.2. The monoisotopic (exact) mass is 365 g/mol. The second-order valence-corrected chi connectivity index (χ2v) is 5.87. The van der Waals surface area contributed by atoms with Crippen LogP contribution in [0.3, 0.4) is 0 Å². The van der Waals surface area contributed by atoms with Crippen molar-refractivity contribution >= 4 is 17.8 Å². The Bertz CT molecular complexity index is 958. The average molecular weight is 365 g/mol. The summed E-state index contributed by atoms with van der Waals surface area (Å²) in [5.41, 5.74) is 4.29. The van der Waals surface area contributed by atoms with Crippen LogP contribution < -0.4 is 5.73 Å². The summed E-state index contributed by atoms with van der Waals surface area (Å²) in [5, 5.41) is 0. The summed E-state index contributed by atoms with van der Waals surface area (Å²) in [6, 6.07) is 5.86. The molecule has 26 heavy (non-hydrogen) atoms. The van der Waals surface area contributed by atoms with Gasteiger partial charge in [-0.3, -0.25) is 9.20 Å². The third kappa shape index (κ3) is 3.54. The summed E-state index contributed by atoms with van der Waals surface area (Å²) in [6.07, 6.45) is 1.37. The van der Waals surface area contributed by atoms with Gasteiger partial charge in [-0.25, -0.2) is 9.37 Å². The summed E-state index contributed by atoms with van der Waals surface area (Å²) >= 11 is 0. The summed E-state index contributed by atoms with van der Waals surface area (Å²) < 4.78 is 54.3. The number of nitrogens with two attached hydrogens (primary N) is 1. The molecule has 2 aromatic heterocycles. The first-order chi connectivity index (χ1) is 12.3. The van der Waals surface area contributed by atoms with E-state index in [1.165, 1.54) is 48.1 Å². The number of hydrogen-bond acceptors (Lipinski definition) is 3. The molecule has 4 nitrogen and oxygen atoms in total. The van der Waals surface area contributed by atoms with Crippen molar-refractivity contribution in [2.45, 2.75) is 25.4 Å². The van der Waals surface area contributed by atoms with Crippen molar-refractivity contribution in [3.63, 3.8) is 0 Å². The minimum Gasteiger partial charge on any atom is -0.382 e. The van der Waals surface area contributed by atoms with Gasteiger partial charge in [0.2, 0.25) is 0 Å². The van der Waals surface area contributed by atoms with Gasteiger partial charge in [0.15, 0.2) is 12.1 Å². The molecule has 1 fully saturated rings. The number of carbonyl (C=O) groups excluding carboxylic acids is 1. The van der Waals surface area contributed by atoms with Crippen molar-refractivity contribution < 1.29 is 22.4 Å². The Kier molecular flexibility index (Phi) is 4.67. The average Bonchev–Trinajstić information content (AvgIpc) is 3.41. The van der Waals surface area contributed by atoms with Crippen LogP contribution in [0.1, 0.15) is 35.3 Å². The molecular weight excluding hydrogens is 350 g/mol. The molecule has 0 saturated heterocycles. The number of nitrogens with zero attached hydrogens (tertiary/aromatic N) is 2. The first kappa shape index (κ1) is 17.9. The Hall–Kier alpha value is -2.90. The zero-order valence-corrected chi connectivity index (χ0v) is 13.6. The van der Waals surface area contributed by atoms with E-state index < -0.39 is 17.6 Å². The van der Waals surface area contributed by atoms with E-state index in [2.05, 4.69) is 4.98 Å². The number of benzene rings is 1. The molecule has 1 aliphatic carbocycles. The van der Waals surface area contributed by atoms with E-state index in [4.69, 9.17) is 5.73 Å². The van der Waals surface area contributed by atoms with Gasteiger partial charge in [-0.15, -0.1) is 0 Å². The quantitative estimate of drug-likeness (QED) is 0.528. The molecule has 0 radical (unpaired) electrons. The fourth-order valence-electron chi connectivity index (χ4n) is 2.41. The van der Waals surface area contributed by atoms with Gasteiger partial charge >= 0.3 is 6.18 Å². The lowest BCUT2D eigenvalue weighted by atomic mass is 10.00. The highest BCUT2D eigenvalue weighted by atomic mass is 19.4. The maximum atomic E-state index is 13.7. The Labute approximate surface area is 146 Å². The molecule has 0 spiro atoms. The first-order valence-electron chi connectivity index (χ1n) is 7.91. The summed E-state index contributed by atoms with van der Waals surface area (Å²) in [6.45, 7) is 0. The first-order valence-corrected chi connectivity index (χ1v) is 7.91. The van der Waals surface area contributed by atoms with Gasteiger partial charge in [-0.2, -0.15) is 13.2 Å². The molecule has 0 amide bonds. The van der Waals surface area contributed by atoms with Crippen LogP contribution in [-0.2, 0) is 6.18 Å². The van der Waals surface area contributed by atoms with Crippen molar-refractivity contribution in [2.75, 3.05) is 5.73 Å². The maximum absolute atomic E-state index is 13.7.